The summed E-state index contributed by atoms with van der Waals surface area (Å²) in [6.45, 7) is 0.134. The van der Waals surface area contributed by atoms with E-state index in [4.69, 9.17) is 0 Å². The molecular formula is C13H15N5O3. The van der Waals surface area contributed by atoms with Crippen molar-refractivity contribution >= 4 is 5.91 Å². The second-order valence-corrected chi connectivity index (χ2v) is 5.07. The molecule has 0 aromatic carbocycles. The topological polar surface area (TPSA) is 104 Å². The first kappa shape index (κ1) is 13.7. The molecule has 1 amide bonds. The van der Waals surface area contributed by atoms with Crippen molar-refractivity contribution in [1.82, 2.24) is 24.6 Å². The maximum Gasteiger partial charge on any atom is 0.257 e. The summed E-state index contributed by atoms with van der Waals surface area (Å²) in [6.07, 6.45) is 4.76. The lowest BCUT2D eigenvalue weighted by Crippen LogP contribution is -2.39. The molecule has 3 rings (SSSR count). The lowest BCUT2D eigenvalue weighted by molar-refractivity contribution is -0.00455. The van der Waals surface area contributed by atoms with Crippen LogP contribution in [0.15, 0.2) is 31.0 Å². The minimum atomic E-state index is -1.22. The molecule has 1 aliphatic heterocycles. The number of hydrogen-bond donors (Lipinski definition) is 2. The highest BCUT2D eigenvalue weighted by Crippen LogP contribution is 2.23. The number of aromatic nitrogens is 4. The lowest BCUT2D eigenvalue weighted by Gasteiger charge is -2.21. The molecule has 2 N–H and O–H groups in total. The molecule has 0 saturated carbocycles. The second-order valence-electron chi connectivity index (χ2n) is 5.07. The first-order valence-corrected chi connectivity index (χ1v) is 6.55. The van der Waals surface area contributed by atoms with Crippen molar-refractivity contribution in [3.05, 3.63) is 36.5 Å². The highest BCUT2D eigenvalue weighted by molar-refractivity contribution is 5.97. The zero-order chi connectivity index (χ0) is 14.9. The third kappa shape index (κ3) is 2.50. The lowest BCUT2D eigenvalue weighted by atomic mass is 10.1. The van der Waals surface area contributed by atoms with Crippen LogP contribution in [0.5, 0.6) is 0 Å². The number of carbonyl (C=O) groups is 1. The van der Waals surface area contributed by atoms with Gasteiger partial charge < -0.3 is 15.1 Å². The van der Waals surface area contributed by atoms with Crippen molar-refractivity contribution in [3.8, 4) is 5.82 Å². The van der Waals surface area contributed by atoms with Crippen molar-refractivity contribution < 1.29 is 15.0 Å². The summed E-state index contributed by atoms with van der Waals surface area (Å²) in [5.41, 5.74) is -0.837. The van der Waals surface area contributed by atoms with Crippen LogP contribution >= 0.6 is 0 Å². The van der Waals surface area contributed by atoms with E-state index in [0.717, 1.165) is 0 Å². The van der Waals surface area contributed by atoms with Gasteiger partial charge >= 0.3 is 0 Å². The van der Waals surface area contributed by atoms with E-state index in [1.165, 1.54) is 22.2 Å². The minimum absolute atomic E-state index is 0.105. The van der Waals surface area contributed by atoms with Gasteiger partial charge in [0.15, 0.2) is 5.82 Å². The van der Waals surface area contributed by atoms with E-state index in [9.17, 15) is 15.0 Å². The van der Waals surface area contributed by atoms with E-state index in [2.05, 4.69) is 15.1 Å². The molecule has 1 unspecified atom stereocenters. The molecule has 1 saturated heterocycles. The third-order valence-corrected chi connectivity index (χ3v) is 3.57. The largest absolute Gasteiger partial charge is 0.393 e. The van der Waals surface area contributed by atoms with Crippen molar-refractivity contribution in [1.29, 1.82) is 0 Å². The predicted octanol–water partition coefficient (Wildman–Crippen LogP) is -0.768. The van der Waals surface area contributed by atoms with Gasteiger partial charge in [-0.05, 0) is 18.6 Å². The smallest absolute Gasteiger partial charge is 0.257 e. The Morgan fingerprint density at radius 1 is 1.48 bits per heavy atom. The Hall–Kier alpha value is -2.32. The van der Waals surface area contributed by atoms with E-state index in [1.807, 2.05) is 0 Å². The fraction of sp³-hybridized carbons (Fsp3) is 0.385. The highest BCUT2D eigenvalue weighted by Gasteiger charge is 2.38. The highest BCUT2D eigenvalue weighted by atomic mass is 16.3. The number of aliphatic hydroxyl groups excluding tert-OH is 1. The van der Waals surface area contributed by atoms with Gasteiger partial charge in [0.25, 0.3) is 5.91 Å². The average molecular weight is 289 g/mol. The first-order chi connectivity index (χ1) is 10.1. The Balaban J connectivity index is 1.90. The zero-order valence-corrected chi connectivity index (χ0v) is 11.3. The van der Waals surface area contributed by atoms with Gasteiger partial charge in [-0.1, -0.05) is 0 Å². The maximum atomic E-state index is 12.6. The van der Waals surface area contributed by atoms with Crippen LogP contribution < -0.4 is 0 Å². The standard InChI is InChI=1S/C13H15N5O3/c19-7-13(21)3-5-17(6-13)12(20)10-2-1-4-15-11(10)18-9-14-8-16-18/h1-2,4,8-9,19,21H,3,5-7H2. The average Bonchev–Trinajstić information content (AvgIpc) is 3.17. The van der Waals surface area contributed by atoms with Gasteiger partial charge in [0.05, 0.1) is 18.7 Å². The van der Waals surface area contributed by atoms with E-state index in [0.29, 0.717) is 24.3 Å². The molecule has 0 aliphatic carbocycles. The number of aliphatic hydroxyl groups is 2. The predicted molar refractivity (Wildman–Crippen MR) is 71.7 cm³/mol. The third-order valence-electron chi connectivity index (χ3n) is 3.57. The van der Waals surface area contributed by atoms with Crippen molar-refractivity contribution in [2.75, 3.05) is 19.7 Å². The Morgan fingerprint density at radius 3 is 3.00 bits per heavy atom. The first-order valence-electron chi connectivity index (χ1n) is 6.55. The molecule has 1 fully saturated rings. The van der Waals surface area contributed by atoms with Crippen LogP contribution in [0.2, 0.25) is 0 Å². The van der Waals surface area contributed by atoms with Crippen molar-refractivity contribution in [3.63, 3.8) is 0 Å². The van der Waals surface area contributed by atoms with Crippen LogP contribution in [-0.2, 0) is 0 Å². The number of hydrogen-bond acceptors (Lipinski definition) is 6. The number of pyridine rings is 1. The summed E-state index contributed by atoms with van der Waals surface area (Å²) >= 11 is 0. The van der Waals surface area contributed by atoms with Gasteiger partial charge in [-0.25, -0.2) is 14.6 Å². The van der Waals surface area contributed by atoms with Crippen LogP contribution in [0.1, 0.15) is 16.8 Å². The summed E-state index contributed by atoms with van der Waals surface area (Å²) in [7, 11) is 0. The van der Waals surface area contributed by atoms with Gasteiger partial charge in [-0.2, -0.15) is 5.10 Å². The zero-order valence-electron chi connectivity index (χ0n) is 11.3. The number of rotatable bonds is 3. The summed E-state index contributed by atoms with van der Waals surface area (Å²) in [4.78, 5) is 22.1. The van der Waals surface area contributed by atoms with Crippen molar-refractivity contribution in [2.24, 2.45) is 0 Å². The van der Waals surface area contributed by atoms with E-state index in [-0.39, 0.29) is 19.1 Å². The van der Waals surface area contributed by atoms with Crippen LogP contribution in [0.4, 0.5) is 0 Å². The summed E-state index contributed by atoms with van der Waals surface area (Å²) in [5.74, 6) is 0.136. The van der Waals surface area contributed by atoms with Crippen LogP contribution in [0.3, 0.4) is 0 Å². The van der Waals surface area contributed by atoms with Crippen LogP contribution in [-0.4, -0.2) is 66.1 Å². The van der Waals surface area contributed by atoms with Gasteiger partial charge in [-0.15, -0.1) is 0 Å². The summed E-state index contributed by atoms with van der Waals surface area (Å²) in [6, 6.07) is 3.32. The molecule has 8 heteroatoms. The van der Waals surface area contributed by atoms with Gasteiger partial charge in [0, 0.05) is 12.7 Å². The molecule has 2 aromatic heterocycles. The van der Waals surface area contributed by atoms with E-state index in [1.54, 1.807) is 18.3 Å². The second kappa shape index (κ2) is 5.23. The van der Waals surface area contributed by atoms with Crippen LogP contribution in [0.25, 0.3) is 5.82 Å². The molecule has 0 bridgehead atoms. The summed E-state index contributed by atoms with van der Waals surface area (Å²) in [5, 5.41) is 23.2. The van der Waals surface area contributed by atoms with E-state index >= 15 is 0 Å². The molecule has 2 aromatic rings. The number of nitrogens with zero attached hydrogens (tertiary/aromatic N) is 5. The molecule has 3 heterocycles. The summed E-state index contributed by atoms with van der Waals surface area (Å²) < 4.78 is 1.42. The maximum absolute atomic E-state index is 12.6. The molecule has 1 atom stereocenters. The van der Waals surface area contributed by atoms with Gasteiger partial charge in [-0.3, -0.25) is 4.79 Å². The Kier molecular flexibility index (Phi) is 3.40. The molecule has 0 radical (unpaired) electrons. The molecular weight excluding hydrogens is 274 g/mol. The minimum Gasteiger partial charge on any atom is -0.393 e. The van der Waals surface area contributed by atoms with Crippen LogP contribution in [0, 0.1) is 0 Å². The number of β-amino-alcohol motifs (C(OH)–C–C–N with tert-alkyl or cyclic N) is 1. The Labute approximate surface area is 120 Å². The number of amides is 1. The molecule has 0 spiro atoms. The molecule has 110 valence electrons. The fourth-order valence-electron chi connectivity index (χ4n) is 2.39. The monoisotopic (exact) mass is 289 g/mol. The van der Waals surface area contributed by atoms with Gasteiger partial charge in [0.1, 0.15) is 18.3 Å². The molecule has 21 heavy (non-hydrogen) atoms. The number of likely N-dealkylation sites (tertiary alicyclic amines) is 1. The number of carbonyl (C=O) groups excluding carboxylic acids is 1. The molecule has 1 aliphatic rings. The van der Waals surface area contributed by atoms with Crippen molar-refractivity contribution in [2.45, 2.75) is 12.0 Å². The molecule has 8 nitrogen and oxygen atoms in total. The Morgan fingerprint density at radius 2 is 2.33 bits per heavy atom. The normalized spacial score (nSPS) is 21.7. The quantitative estimate of drug-likeness (QED) is 0.769. The van der Waals surface area contributed by atoms with Gasteiger partial charge in [0.2, 0.25) is 0 Å². The Bertz CT molecular complexity index is 645. The SMILES string of the molecule is O=C(c1cccnc1-n1cncn1)N1CCC(O)(CO)C1. The fourth-order valence-corrected chi connectivity index (χ4v) is 2.39. The van der Waals surface area contributed by atoms with E-state index < -0.39 is 5.60 Å².